The van der Waals surface area contributed by atoms with Crippen molar-refractivity contribution in [1.82, 2.24) is 13.3 Å². The monoisotopic (exact) mass is 528 g/mol. The van der Waals surface area contributed by atoms with Gasteiger partial charge >= 0.3 is 5.97 Å². The molecule has 3 aromatic carbocycles. The number of unbranched alkanes of at least 4 members (excludes halogenated alkanes) is 1. The van der Waals surface area contributed by atoms with E-state index in [0.29, 0.717) is 18.7 Å². The number of hydrogen-bond acceptors (Lipinski definition) is 6. The van der Waals surface area contributed by atoms with Crippen LogP contribution in [0.1, 0.15) is 48.3 Å². The second-order valence-corrected chi connectivity index (χ2v) is 9.81. The van der Waals surface area contributed by atoms with Gasteiger partial charge in [0.1, 0.15) is 16.7 Å². The van der Waals surface area contributed by atoms with Gasteiger partial charge in [0.05, 0.1) is 18.3 Å². The Bertz CT molecular complexity index is 1640. The molecular formula is C29H28N4O4S. The van der Waals surface area contributed by atoms with E-state index < -0.39 is 5.97 Å². The van der Waals surface area contributed by atoms with Gasteiger partial charge in [-0.25, -0.2) is 4.79 Å². The molecule has 9 heteroatoms. The van der Waals surface area contributed by atoms with Crippen LogP contribution in [0.3, 0.4) is 0 Å². The minimum absolute atomic E-state index is 0.0604. The van der Waals surface area contributed by atoms with Gasteiger partial charge in [-0.05, 0) is 53.4 Å². The van der Waals surface area contributed by atoms with Crippen molar-refractivity contribution < 1.29 is 19.8 Å². The Morgan fingerprint density at radius 1 is 0.974 bits per heavy atom. The van der Waals surface area contributed by atoms with Gasteiger partial charge in [0.2, 0.25) is 5.91 Å². The third kappa shape index (κ3) is 4.78. The molecule has 0 aliphatic heterocycles. The molecule has 0 saturated carbocycles. The van der Waals surface area contributed by atoms with E-state index in [-0.39, 0.29) is 18.2 Å². The van der Waals surface area contributed by atoms with Gasteiger partial charge in [-0.15, -0.1) is 0 Å². The molecule has 0 aliphatic carbocycles. The lowest BCUT2D eigenvalue weighted by atomic mass is 10.00. The number of carbonyl (C=O) groups excluding carboxylic acids is 1. The van der Waals surface area contributed by atoms with E-state index in [4.69, 9.17) is 0 Å². The number of benzene rings is 3. The summed E-state index contributed by atoms with van der Waals surface area (Å²) < 4.78 is 10.4. The predicted molar refractivity (Wildman–Crippen MR) is 150 cm³/mol. The van der Waals surface area contributed by atoms with Gasteiger partial charge in [-0.2, -0.15) is 8.75 Å². The molecule has 0 saturated heterocycles. The molecule has 0 spiro atoms. The molecular weight excluding hydrogens is 500 g/mol. The molecule has 194 valence electrons. The van der Waals surface area contributed by atoms with Gasteiger partial charge in [0, 0.05) is 42.2 Å². The Morgan fingerprint density at radius 3 is 2.39 bits per heavy atom. The fourth-order valence-electron chi connectivity index (χ4n) is 4.86. The summed E-state index contributed by atoms with van der Waals surface area (Å²) in [7, 11) is 0. The molecule has 0 bridgehead atoms. The van der Waals surface area contributed by atoms with Crippen LogP contribution >= 0.6 is 11.7 Å². The SMILES string of the molecule is CCCCN(C(C)=O)c1ccc2c(c1)c(-c1ccc(CO)cc1)c(C(=O)O)n2Cc1ccc2nsnc2c1. The van der Waals surface area contributed by atoms with Crippen LogP contribution in [0.25, 0.3) is 33.1 Å². The maximum atomic E-state index is 12.8. The number of anilines is 1. The summed E-state index contributed by atoms with van der Waals surface area (Å²) in [4.78, 5) is 27.0. The zero-order valence-corrected chi connectivity index (χ0v) is 22.0. The highest BCUT2D eigenvalue weighted by atomic mass is 32.1. The highest BCUT2D eigenvalue weighted by molar-refractivity contribution is 7.00. The number of aliphatic hydroxyl groups is 1. The van der Waals surface area contributed by atoms with Crippen molar-refractivity contribution in [2.75, 3.05) is 11.4 Å². The van der Waals surface area contributed by atoms with Crippen LogP contribution < -0.4 is 4.90 Å². The molecule has 8 nitrogen and oxygen atoms in total. The lowest BCUT2D eigenvalue weighted by molar-refractivity contribution is -0.116. The van der Waals surface area contributed by atoms with Gasteiger partial charge in [0.15, 0.2) is 0 Å². The quantitative estimate of drug-likeness (QED) is 0.254. The number of nitrogens with zero attached hydrogens (tertiary/aromatic N) is 4. The molecule has 1 amide bonds. The van der Waals surface area contributed by atoms with Crippen molar-refractivity contribution in [3.8, 4) is 11.1 Å². The summed E-state index contributed by atoms with van der Waals surface area (Å²) in [6.07, 6.45) is 1.81. The highest BCUT2D eigenvalue weighted by Crippen LogP contribution is 2.38. The number of rotatable bonds is 9. The van der Waals surface area contributed by atoms with Crippen LogP contribution in [-0.4, -0.2) is 41.9 Å². The van der Waals surface area contributed by atoms with E-state index in [9.17, 15) is 19.8 Å². The summed E-state index contributed by atoms with van der Waals surface area (Å²) in [5, 5.41) is 20.7. The van der Waals surface area contributed by atoms with Crippen molar-refractivity contribution >= 4 is 51.2 Å². The molecule has 2 aromatic heterocycles. The third-order valence-corrected chi connectivity index (χ3v) is 7.32. The number of amides is 1. The number of aromatic nitrogens is 3. The van der Waals surface area contributed by atoms with Crippen LogP contribution in [0.2, 0.25) is 0 Å². The lowest BCUT2D eigenvalue weighted by Gasteiger charge is -2.21. The zero-order chi connectivity index (χ0) is 26.8. The first-order valence-electron chi connectivity index (χ1n) is 12.5. The summed E-state index contributed by atoms with van der Waals surface area (Å²) in [5.74, 6) is -1.11. The van der Waals surface area contributed by atoms with E-state index in [1.54, 1.807) is 24.0 Å². The van der Waals surface area contributed by atoms with E-state index in [1.165, 1.54) is 0 Å². The zero-order valence-electron chi connectivity index (χ0n) is 21.2. The topological polar surface area (TPSA) is 109 Å². The van der Waals surface area contributed by atoms with Crippen molar-refractivity contribution in [2.24, 2.45) is 0 Å². The maximum absolute atomic E-state index is 12.8. The van der Waals surface area contributed by atoms with Crippen molar-refractivity contribution in [2.45, 2.75) is 39.8 Å². The van der Waals surface area contributed by atoms with E-state index >= 15 is 0 Å². The van der Waals surface area contributed by atoms with Crippen LogP contribution in [0.5, 0.6) is 0 Å². The second kappa shape index (κ2) is 10.7. The average molecular weight is 529 g/mol. The normalized spacial score (nSPS) is 11.3. The molecule has 5 rings (SSSR count). The summed E-state index contributed by atoms with van der Waals surface area (Å²) in [5.41, 5.74) is 6.17. The molecule has 2 heterocycles. The summed E-state index contributed by atoms with van der Waals surface area (Å²) >= 11 is 1.14. The molecule has 38 heavy (non-hydrogen) atoms. The van der Waals surface area contributed by atoms with E-state index in [1.807, 2.05) is 53.1 Å². The smallest absolute Gasteiger partial charge is 0.353 e. The Kier molecular flexibility index (Phi) is 7.22. The highest BCUT2D eigenvalue weighted by Gasteiger charge is 2.25. The molecule has 0 unspecified atom stereocenters. The predicted octanol–water partition coefficient (Wildman–Crippen LogP) is 5.70. The number of aromatic carboxylic acids is 1. The minimum atomic E-state index is -1.05. The number of carboxylic acid groups (broad SMARTS) is 1. The first-order chi connectivity index (χ1) is 18.4. The van der Waals surface area contributed by atoms with Crippen molar-refractivity contribution in [3.63, 3.8) is 0 Å². The number of carboxylic acids is 1. The largest absolute Gasteiger partial charge is 0.477 e. The number of carbonyl (C=O) groups is 2. The van der Waals surface area contributed by atoms with Crippen LogP contribution in [-0.2, 0) is 17.9 Å². The number of aliphatic hydroxyl groups excluding tert-OH is 1. The van der Waals surface area contributed by atoms with Crippen LogP contribution in [0.15, 0.2) is 60.7 Å². The fraction of sp³-hybridized carbons (Fsp3) is 0.241. The maximum Gasteiger partial charge on any atom is 0.353 e. The average Bonchev–Trinajstić information content (AvgIpc) is 3.51. The summed E-state index contributed by atoms with van der Waals surface area (Å²) in [6.45, 7) is 4.44. The molecule has 0 aliphatic rings. The van der Waals surface area contributed by atoms with Crippen LogP contribution in [0, 0.1) is 0 Å². The first kappa shape index (κ1) is 25.6. The molecule has 5 aromatic rings. The standard InChI is InChI=1S/C29H28N4O4S/c1-3-4-13-32(18(2)35)22-10-12-26-23(15-22)27(21-8-5-19(17-34)6-9-21)28(29(36)37)33(26)16-20-7-11-24-25(14-20)31-38-30-24/h5-12,14-15,34H,3-4,13,16-17H2,1-2H3,(H,36,37). The van der Waals surface area contributed by atoms with E-state index in [2.05, 4.69) is 15.7 Å². The van der Waals surface area contributed by atoms with Crippen molar-refractivity contribution in [3.05, 3.63) is 77.5 Å². The molecule has 0 atom stereocenters. The molecule has 0 fully saturated rings. The third-order valence-electron chi connectivity index (χ3n) is 6.76. The van der Waals surface area contributed by atoms with Crippen LogP contribution in [0.4, 0.5) is 5.69 Å². The minimum Gasteiger partial charge on any atom is -0.477 e. The Labute approximate surface area is 224 Å². The fourth-order valence-corrected chi connectivity index (χ4v) is 5.38. The van der Waals surface area contributed by atoms with E-state index in [0.717, 1.165) is 68.9 Å². The van der Waals surface area contributed by atoms with Gasteiger partial charge in [-0.3, -0.25) is 4.79 Å². The molecule has 0 radical (unpaired) electrons. The van der Waals surface area contributed by atoms with Gasteiger partial charge < -0.3 is 19.7 Å². The number of hydrogen-bond donors (Lipinski definition) is 2. The van der Waals surface area contributed by atoms with Gasteiger partial charge in [-0.1, -0.05) is 43.7 Å². The molecule has 2 N–H and O–H groups in total. The summed E-state index contributed by atoms with van der Waals surface area (Å²) in [6, 6.07) is 18.7. The Balaban J connectivity index is 1.74. The van der Waals surface area contributed by atoms with Crippen molar-refractivity contribution in [1.29, 1.82) is 0 Å². The number of fused-ring (bicyclic) bond motifs is 2. The Hall–Kier alpha value is -4.08. The lowest BCUT2D eigenvalue weighted by Crippen LogP contribution is -2.29. The first-order valence-corrected chi connectivity index (χ1v) is 13.2. The Morgan fingerprint density at radius 2 is 1.71 bits per heavy atom. The van der Waals surface area contributed by atoms with Gasteiger partial charge in [0.25, 0.3) is 0 Å². The second-order valence-electron chi connectivity index (χ2n) is 9.28.